The number of aromatic hydroxyl groups is 2. The lowest BCUT2D eigenvalue weighted by Crippen LogP contribution is -2.24. The lowest BCUT2D eigenvalue weighted by molar-refractivity contribution is -0.137. The zero-order chi connectivity index (χ0) is 27.0. The van der Waals surface area contributed by atoms with Crippen molar-refractivity contribution in [3.8, 4) is 11.5 Å². The van der Waals surface area contributed by atoms with Gasteiger partial charge in [0.05, 0.1) is 0 Å². The van der Waals surface area contributed by atoms with E-state index in [4.69, 9.17) is 5.11 Å². The summed E-state index contributed by atoms with van der Waals surface area (Å²) in [4.78, 5) is 22.9. The predicted octanol–water partition coefficient (Wildman–Crippen LogP) is 6.63. The molecule has 0 saturated carbocycles. The third-order valence-electron chi connectivity index (χ3n) is 6.27. The molecule has 4 aromatic rings. The summed E-state index contributed by atoms with van der Waals surface area (Å²) >= 11 is 0. The van der Waals surface area contributed by atoms with Crippen LogP contribution in [0.1, 0.15) is 52.4 Å². The second-order valence-electron chi connectivity index (χ2n) is 9.02. The van der Waals surface area contributed by atoms with Crippen molar-refractivity contribution >= 4 is 11.8 Å². The topological polar surface area (TPSA) is 94.8 Å². The number of halogens is 1. The van der Waals surface area contributed by atoms with Crippen LogP contribution in [0.5, 0.6) is 11.5 Å². The molecule has 4 aromatic carbocycles. The van der Waals surface area contributed by atoms with E-state index in [0.717, 1.165) is 16.7 Å². The fourth-order valence-corrected chi connectivity index (χ4v) is 3.94. The monoisotopic (exact) mass is 500 g/mol. The number of carboxylic acid groups (broad SMARTS) is 1. The molecule has 4 rings (SSSR count). The molecule has 5 nitrogen and oxygen atoms in total. The number of aryl methyl sites for hydroxylation is 1. The molecule has 0 aliphatic rings. The summed E-state index contributed by atoms with van der Waals surface area (Å²) in [5.74, 6) is -0.922. The van der Waals surface area contributed by atoms with Gasteiger partial charge in [0.15, 0.2) is 5.78 Å². The van der Waals surface area contributed by atoms with Crippen molar-refractivity contribution in [3.05, 3.63) is 131 Å². The fourth-order valence-electron chi connectivity index (χ4n) is 3.94. The van der Waals surface area contributed by atoms with E-state index < -0.39 is 11.4 Å². The minimum Gasteiger partial charge on any atom is -0.508 e. The maximum Gasteiger partial charge on any atom is 0.303 e. The Hall–Kier alpha value is -4.45. The van der Waals surface area contributed by atoms with Gasteiger partial charge in [-0.3, -0.25) is 9.59 Å². The van der Waals surface area contributed by atoms with Crippen LogP contribution in [0.15, 0.2) is 97.1 Å². The highest BCUT2D eigenvalue weighted by Gasteiger charge is 2.29. The standard InChI is InChI=1S/C17H18O4.C14H11FO/c1-17(11-10-16(20)21,12-2-6-14(18)7-3-12)13-4-8-15(19)9-5-13;1-10-2-4-11(5-3-10)14(16)12-6-8-13(15)9-7-12/h2-9,18-19H,10-11H2,1H3,(H,20,21);2-9H,1H3. The Balaban J connectivity index is 0.000000213. The van der Waals surface area contributed by atoms with Crippen LogP contribution in [0.3, 0.4) is 0 Å². The molecule has 190 valence electrons. The number of carbonyl (C=O) groups excluding carboxylic acids is 1. The smallest absolute Gasteiger partial charge is 0.303 e. The van der Waals surface area contributed by atoms with E-state index in [0.29, 0.717) is 17.5 Å². The van der Waals surface area contributed by atoms with Crippen LogP contribution < -0.4 is 0 Å². The highest BCUT2D eigenvalue weighted by atomic mass is 19.1. The first-order valence-corrected chi connectivity index (χ1v) is 11.8. The van der Waals surface area contributed by atoms with Crippen molar-refractivity contribution in [2.45, 2.75) is 32.1 Å². The molecule has 0 heterocycles. The predicted molar refractivity (Wildman–Crippen MR) is 141 cm³/mol. The third kappa shape index (κ3) is 7.27. The van der Waals surface area contributed by atoms with E-state index in [9.17, 15) is 24.2 Å². The van der Waals surface area contributed by atoms with Crippen LogP contribution in [0.4, 0.5) is 4.39 Å². The number of rotatable bonds is 7. The van der Waals surface area contributed by atoms with Gasteiger partial charge in [0, 0.05) is 23.0 Å². The summed E-state index contributed by atoms with van der Waals surface area (Å²) in [6.45, 7) is 3.93. The van der Waals surface area contributed by atoms with Gasteiger partial charge < -0.3 is 15.3 Å². The first kappa shape index (κ1) is 27.1. The number of carbonyl (C=O) groups is 2. The molecule has 3 N–H and O–H groups in total. The van der Waals surface area contributed by atoms with Crippen molar-refractivity contribution < 1.29 is 29.3 Å². The summed E-state index contributed by atoms with van der Waals surface area (Å²) < 4.78 is 12.7. The molecule has 0 aromatic heterocycles. The Morgan fingerprint density at radius 3 is 1.51 bits per heavy atom. The van der Waals surface area contributed by atoms with Gasteiger partial charge >= 0.3 is 5.97 Å². The SMILES string of the molecule is CC(CCC(=O)O)(c1ccc(O)cc1)c1ccc(O)cc1.Cc1ccc(C(=O)c2ccc(F)cc2)cc1. The number of phenolic OH excluding ortho intramolecular Hbond substituents is 2. The third-order valence-corrected chi connectivity index (χ3v) is 6.27. The van der Waals surface area contributed by atoms with Gasteiger partial charge in [-0.25, -0.2) is 4.39 Å². The minimum absolute atomic E-state index is 0.0399. The number of aliphatic carboxylic acids is 1. The van der Waals surface area contributed by atoms with E-state index in [1.165, 1.54) is 24.3 Å². The molecule has 0 unspecified atom stereocenters. The highest BCUT2D eigenvalue weighted by molar-refractivity contribution is 6.08. The van der Waals surface area contributed by atoms with Gasteiger partial charge in [0.25, 0.3) is 0 Å². The zero-order valence-corrected chi connectivity index (χ0v) is 20.7. The summed E-state index contributed by atoms with van der Waals surface area (Å²) in [5.41, 5.74) is 3.58. The van der Waals surface area contributed by atoms with Crippen molar-refractivity contribution in [1.29, 1.82) is 0 Å². The molecule has 0 aliphatic heterocycles. The van der Waals surface area contributed by atoms with Gasteiger partial charge in [-0.1, -0.05) is 61.0 Å². The van der Waals surface area contributed by atoms with Gasteiger partial charge in [-0.2, -0.15) is 0 Å². The second-order valence-corrected chi connectivity index (χ2v) is 9.02. The van der Waals surface area contributed by atoms with E-state index >= 15 is 0 Å². The summed E-state index contributed by atoms with van der Waals surface area (Å²) in [6, 6.07) is 26.5. The van der Waals surface area contributed by atoms with Crippen molar-refractivity contribution in [2.75, 3.05) is 0 Å². The van der Waals surface area contributed by atoms with Crippen LogP contribution in [0.2, 0.25) is 0 Å². The highest BCUT2D eigenvalue weighted by Crippen LogP contribution is 2.37. The van der Waals surface area contributed by atoms with Crippen molar-refractivity contribution in [3.63, 3.8) is 0 Å². The Kier molecular flexibility index (Phi) is 8.80. The summed E-state index contributed by atoms with van der Waals surface area (Å²) in [6.07, 6.45) is 0.468. The first-order valence-electron chi connectivity index (χ1n) is 11.8. The lowest BCUT2D eigenvalue weighted by Gasteiger charge is -2.30. The van der Waals surface area contributed by atoms with Crippen LogP contribution in [-0.2, 0) is 10.2 Å². The van der Waals surface area contributed by atoms with Gasteiger partial charge in [0.1, 0.15) is 17.3 Å². The molecular weight excluding hydrogens is 471 g/mol. The van der Waals surface area contributed by atoms with Crippen LogP contribution in [0.25, 0.3) is 0 Å². The van der Waals surface area contributed by atoms with Crippen molar-refractivity contribution in [2.24, 2.45) is 0 Å². The Morgan fingerprint density at radius 1 is 0.703 bits per heavy atom. The first-order chi connectivity index (χ1) is 17.6. The molecule has 0 spiro atoms. The Morgan fingerprint density at radius 2 is 1.11 bits per heavy atom. The Bertz CT molecular complexity index is 1230. The van der Waals surface area contributed by atoms with E-state index in [2.05, 4.69) is 0 Å². The normalized spacial score (nSPS) is 10.8. The maximum absolute atomic E-state index is 12.7. The summed E-state index contributed by atoms with van der Waals surface area (Å²) in [7, 11) is 0. The number of phenols is 2. The molecule has 0 bridgehead atoms. The number of hydrogen-bond donors (Lipinski definition) is 3. The van der Waals surface area contributed by atoms with Gasteiger partial charge in [0.2, 0.25) is 0 Å². The number of ketones is 1. The van der Waals surface area contributed by atoms with E-state index in [1.807, 2.05) is 26.0 Å². The maximum atomic E-state index is 12.7. The lowest BCUT2D eigenvalue weighted by atomic mass is 9.73. The van der Waals surface area contributed by atoms with Gasteiger partial charge in [-0.15, -0.1) is 0 Å². The molecule has 0 radical (unpaired) electrons. The number of hydrogen-bond acceptors (Lipinski definition) is 4. The molecule has 37 heavy (non-hydrogen) atoms. The van der Waals surface area contributed by atoms with E-state index in [1.54, 1.807) is 60.7 Å². The molecule has 0 amide bonds. The number of carboxylic acids is 1. The molecule has 0 fully saturated rings. The molecule has 0 aliphatic carbocycles. The fraction of sp³-hybridized carbons (Fsp3) is 0.161. The molecule has 0 atom stereocenters. The Labute approximate surface area is 215 Å². The second kappa shape index (κ2) is 12.0. The largest absolute Gasteiger partial charge is 0.508 e. The van der Waals surface area contributed by atoms with Crippen LogP contribution in [0, 0.1) is 12.7 Å². The molecule has 6 heteroatoms. The molecule has 0 saturated heterocycles. The average Bonchev–Trinajstić information content (AvgIpc) is 2.89. The van der Waals surface area contributed by atoms with Gasteiger partial charge in [-0.05, 0) is 73.0 Å². The summed E-state index contributed by atoms with van der Waals surface area (Å²) in [5, 5.41) is 27.8. The minimum atomic E-state index is -0.848. The quantitative estimate of drug-likeness (QED) is 0.248. The van der Waals surface area contributed by atoms with Crippen LogP contribution >= 0.6 is 0 Å². The van der Waals surface area contributed by atoms with Crippen LogP contribution in [-0.4, -0.2) is 27.1 Å². The van der Waals surface area contributed by atoms with E-state index in [-0.39, 0.29) is 29.5 Å². The number of benzene rings is 4. The zero-order valence-electron chi connectivity index (χ0n) is 20.7. The van der Waals surface area contributed by atoms with Crippen molar-refractivity contribution in [1.82, 2.24) is 0 Å². The molecular formula is C31H29FO5. The average molecular weight is 501 g/mol.